The van der Waals surface area contributed by atoms with Crippen LogP contribution < -0.4 is 16.7 Å². The summed E-state index contributed by atoms with van der Waals surface area (Å²) < 4.78 is 4.12. The molecular formula is C15H14BrN7O4. The molecule has 0 aliphatic rings. The molecule has 27 heavy (non-hydrogen) atoms. The molecule has 0 unspecified atom stereocenters. The number of nitro benzene ring substituents is 1. The van der Waals surface area contributed by atoms with Gasteiger partial charge in [0.15, 0.2) is 11.2 Å². The number of rotatable bonds is 4. The lowest BCUT2D eigenvalue weighted by atomic mass is 10.2. The van der Waals surface area contributed by atoms with Gasteiger partial charge in [0.25, 0.3) is 11.2 Å². The van der Waals surface area contributed by atoms with Crippen LogP contribution in [0, 0.1) is 10.1 Å². The van der Waals surface area contributed by atoms with E-state index in [0.717, 1.165) is 4.57 Å². The third-order valence-electron chi connectivity index (χ3n) is 4.02. The number of fused-ring (bicyclic) bond motifs is 1. The maximum Gasteiger partial charge on any atom is 0.332 e. The fraction of sp³-hybridized carbons (Fsp3) is 0.200. The molecule has 2 heterocycles. The van der Waals surface area contributed by atoms with E-state index in [0.29, 0.717) is 10.0 Å². The van der Waals surface area contributed by atoms with Gasteiger partial charge in [-0.3, -0.25) is 24.0 Å². The SMILES string of the molecule is Cn1c(=O)c2c(nc(N/N=C\c3ccc(Br)c([N+](=O)[O-])c3)n2C)n(C)c1=O. The topological polar surface area (TPSA) is 129 Å². The first-order chi connectivity index (χ1) is 12.7. The zero-order chi connectivity index (χ0) is 19.9. The number of halogens is 1. The molecule has 2 aromatic heterocycles. The monoisotopic (exact) mass is 435 g/mol. The molecule has 0 bridgehead atoms. The van der Waals surface area contributed by atoms with Crippen LogP contribution in [-0.2, 0) is 21.1 Å². The first kappa shape index (κ1) is 18.5. The third kappa shape index (κ3) is 3.14. The first-order valence-corrected chi connectivity index (χ1v) is 8.37. The van der Waals surface area contributed by atoms with Gasteiger partial charge in [0, 0.05) is 32.8 Å². The summed E-state index contributed by atoms with van der Waals surface area (Å²) in [5.41, 5.74) is 2.62. The van der Waals surface area contributed by atoms with Crippen molar-refractivity contribution in [2.45, 2.75) is 0 Å². The number of benzene rings is 1. The van der Waals surface area contributed by atoms with Gasteiger partial charge in [-0.1, -0.05) is 6.07 Å². The third-order valence-corrected chi connectivity index (χ3v) is 4.69. The van der Waals surface area contributed by atoms with Crippen LogP contribution in [0.15, 0.2) is 37.4 Å². The van der Waals surface area contributed by atoms with Crippen molar-refractivity contribution >= 4 is 44.9 Å². The highest BCUT2D eigenvalue weighted by molar-refractivity contribution is 9.10. The van der Waals surface area contributed by atoms with Crippen molar-refractivity contribution in [3.8, 4) is 0 Å². The second kappa shape index (κ2) is 6.79. The Morgan fingerprint density at radius 1 is 1.22 bits per heavy atom. The molecule has 11 nitrogen and oxygen atoms in total. The fourth-order valence-electron chi connectivity index (χ4n) is 2.53. The van der Waals surface area contributed by atoms with E-state index < -0.39 is 16.2 Å². The van der Waals surface area contributed by atoms with E-state index in [2.05, 4.69) is 31.4 Å². The van der Waals surface area contributed by atoms with Crippen LogP contribution in [0.25, 0.3) is 11.2 Å². The summed E-state index contributed by atoms with van der Waals surface area (Å²) >= 11 is 3.12. The molecule has 3 rings (SSSR count). The summed E-state index contributed by atoms with van der Waals surface area (Å²) in [6.07, 6.45) is 1.38. The molecule has 0 amide bonds. The number of aryl methyl sites for hydroxylation is 2. The standard InChI is InChI=1S/C15H14BrN7O4/c1-20-11-12(21(2)15(25)22(3)13(11)24)18-14(20)19-17-7-8-4-5-9(16)10(6-8)23(26)27/h4-7H,1-3H3,(H,18,19)/b17-7-. The smallest absolute Gasteiger partial charge is 0.306 e. The summed E-state index contributed by atoms with van der Waals surface area (Å²) in [5, 5.41) is 15.0. The van der Waals surface area contributed by atoms with Gasteiger partial charge >= 0.3 is 5.69 Å². The highest BCUT2D eigenvalue weighted by Crippen LogP contribution is 2.25. The molecule has 1 N–H and O–H groups in total. The van der Waals surface area contributed by atoms with Gasteiger partial charge in [0.2, 0.25) is 5.95 Å². The van der Waals surface area contributed by atoms with Crippen molar-refractivity contribution in [2.75, 3.05) is 5.43 Å². The van der Waals surface area contributed by atoms with Crippen molar-refractivity contribution in [1.29, 1.82) is 0 Å². The van der Waals surface area contributed by atoms with Crippen molar-refractivity contribution in [3.05, 3.63) is 59.2 Å². The number of hydrogen-bond donors (Lipinski definition) is 1. The maximum atomic E-state index is 12.3. The number of hydrazone groups is 1. The van der Waals surface area contributed by atoms with Gasteiger partial charge in [-0.2, -0.15) is 10.1 Å². The van der Waals surface area contributed by atoms with E-state index in [1.807, 2.05) is 0 Å². The molecule has 0 atom stereocenters. The van der Waals surface area contributed by atoms with E-state index in [9.17, 15) is 19.7 Å². The van der Waals surface area contributed by atoms with Gasteiger partial charge in [0.1, 0.15) is 0 Å². The predicted molar refractivity (Wildman–Crippen MR) is 103 cm³/mol. The molecular weight excluding hydrogens is 422 g/mol. The van der Waals surface area contributed by atoms with Crippen molar-refractivity contribution in [1.82, 2.24) is 18.7 Å². The fourth-order valence-corrected chi connectivity index (χ4v) is 2.92. The number of hydrogen-bond acceptors (Lipinski definition) is 7. The quantitative estimate of drug-likeness (QED) is 0.370. The number of nitrogens with zero attached hydrogens (tertiary/aromatic N) is 6. The first-order valence-electron chi connectivity index (χ1n) is 7.57. The van der Waals surface area contributed by atoms with E-state index in [1.165, 1.54) is 35.5 Å². The van der Waals surface area contributed by atoms with Gasteiger partial charge in [-0.15, -0.1) is 0 Å². The van der Waals surface area contributed by atoms with Crippen LogP contribution in [-0.4, -0.2) is 29.8 Å². The van der Waals surface area contributed by atoms with E-state index in [1.54, 1.807) is 19.2 Å². The molecule has 0 saturated carbocycles. The van der Waals surface area contributed by atoms with Crippen LogP contribution in [0.2, 0.25) is 0 Å². The lowest BCUT2D eigenvalue weighted by Crippen LogP contribution is -2.37. The number of imidazole rings is 1. The van der Waals surface area contributed by atoms with Crippen molar-refractivity contribution < 1.29 is 4.92 Å². The molecule has 0 spiro atoms. The van der Waals surface area contributed by atoms with Crippen LogP contribution in [0.4, 0.5) is 11.6 Å². The minimum absolute atomic E-state index is 0.0832. The Kier molecular flexibility index (Phi) is 4.66. The lowest BCUT2D eigenvalue weighted by molar-refractivity contribution is -0.385. The minimum atomic E-state index is -0.503. The van der Waals surface area contributed by atoms with E-state index in [4.69, 9.17) is 0 Å². The summed E-state index contributed by atoms with van der Waals surface area (Å²) in [7, 11) is 4.53. The highest BCUT2D eigenvalue weighted by atomic mass is 79.9. The van der Waals surface area contributed by atoms with Crippen molar-refractivity contribution in [3.63, 3.8) is 0 Å². The lowest BCUT2D eigenvalue weighted by Gasteiger charge is -2.03. The zero-order valence-electron chi connectivity index (χ0n) is 14.5. The predicted octanol–water partition coefficient (Wildman–Crippen LogP) is 1.09. The van der Waals surface area contributed by atoms with Crippen LogP contribution in [0.5, 0.6) is 0 Å². The Balaban J connectivity index is 1.97. The van der Waals surface area contributed by atoms with E-state index >= 15 is 0 Å². The maximum absolute atomic E-state index is 12.3. The Morgan fingerprint density at radius 2 is 1.93 bits per heavy atom. The highest BCUT2D eigenvalue weighted by Gasteiger charge is 2.16. The van der Waals surface area contributed by atoms with Gasteiger partial charge in [-0.05, 0) is 22.0 Å². The summed E-state index contributed by atoms with van der Waals surface area (Å²) in [4.78, 5) is 39.0. The van der Waals surface area contributed by atoms with Crippen molar-refractivity contribution in [2.24, 2.45) is 26.2 Å². The van der Waals surface area contributed by atoms with Crippen LogP contribution in [0.1, 0.15) is 5.56 Å². The van der Waals surface area contributed by atoms with Crippen LogP contribution in [0.3, 0.4) is 0 Å². The number of anilines is 1. The van der Waals surface area contributed by atoms with E-state index in [-0.39, 0.29) is 22.8 Å². The molecule has 1 aromatic carbocycles. The Labute approximate surface area is 159 Å². The average Bonchev–Trinajstić information content (AvgIpc) is 2.96. The zero-order valence-corrected chi connectivity index (χ0v) is 16.1. The largest absolute Gasteiger partial charge is 0.332 e. The number of aromatic nitrogens is 4. The summed E-state index contributed by atoms with van der Waals surface area (Å²) in [6.45, 7) is 0. The Hall–Kier alpha value is -3.28. The average molecular weight is 436 g/mol. The number of nitrogens with one attached hydrogen (secondary N) is 1. The van der Waals surface area contributed by atoms with Crippen LogP contribution >= 0.6 is 15.9 Å². The molecule has 0 aliphatic carbocycles. The summed E-state index contributed by atoms with van der Waals surface area (Å²) in [5.74, 6) is 0.242. The summed E-state index contributed by atoms with van der Waals surface area (Å²) in [6, 6.07) is 4.56. The molecule has 140 valence electrons. The Morgan fingerprint density at radius 3 is 2.59 bits per heavy atom. The molecule has 0 radical (unpaired) electrons. The van der Waals surface area contributed by atoms with Gasteiger partial charge in [-0.25, -0.2) is 10.2 Å². The second-order valence-electron chi connectivity index (χ2n) is 5.71. The molecule has 3 aromatic rings. The molecule has 0 aliphatic heterocycles. The second-order valence-corrected chi connectivity index (χ2v) is 6.56. The Bertz CT molecular complexity index is 1220. The molecule has 0 fully saturated rings. The molecule has 0 saturated heterocycles. The number of nitro groups is 1. The molecule has 12 heteroatoms. The normalized spacial score (nSPS) is 11.4. The van der Waals surface area contributed by atoms with Gasteiger partial charge in [0.05, 0.1) is 15.6 Å². The van der Waals surface area contributed by atoms with Gasteiger partial charge < -0.3 is 4.57 Å². The minimum Gasteiger partial charge on any atom is -0.306 e.